The Kier molecular flexibility index (Phi) is 5.12. The van der Waals surface area contributed by atoms with Gasteiger partial charge in [-0.2, -0.15) is 0 Å². The van der Waals surface area contributed by atoms with Gasteiger partial charge >= 0.3 is 0 Å². The van der Waals surface area contributed by atoms with Crippen molar-refractivity contribution >= 4 is 23.2 Å². The summed E-state index contributed by atoms with van der Waals surface area (Å²) in [6, 6.07) is 2.86. The predicted octanol–water partition coefficient (Wildman–Crippen LogP) is 3.26. The van der Waals surface area contributed by atoms with Crippen LogP contribution < -0.4 is 5.32 Å². The number of nitro benzene ring substituents is 1. The van der Waals surface area contributed by atoms with Gasteiger partial charge in [-0.05, 0) is 43.7 Å². The van der Waals surface area contributed by atoms with Gasteiger partial charge in [0.25, 0.3) is 11.6 Å². The Morgan fingerprint density at radius 2 is 2.05 bits per heavy atom. The standard InChI is InChI=1S/C14H16ClFN2O3/c15-10-3-1-9(2-4-10)8-17-14(19)12-7-11(16)5-6-13(12)18(20)21/h5-7,9-10H,1-4,8H2,(H,17,19). The van der Waals surface area contributed by atoms with Gasteiger partial charge in [0.05, 0.1) is 4.92 Å². The van der Waals surface area contributed by atoms with E-state index in [1.54, 1.807) is 0 Å². The number of nitrogens with one attached hydrogen (secondary N) is 1. The lowest BCUT2D eigenvalue weighted by Gasteiger charge is -2.25. The lowest BCUT2D eigenvalue weighted by Crippen LogP contribution is -2.31. The first-order valence-corrected chi connectivity index (χ1v) is 7.27. The summed E-state index contributed by atoms with van der Waals surface area (Å²) in [7, 11) is 0. The quantitative estimate of drug-likeness (QED) is 0.526. The van der Waals surface area contributed by atoms with E-state index in [1.165, 1.54) is 0 Å². The summed E-state index contributed by atoms with van der Waals surface area (Å²) < 4.78 is 13.2. The number of halogens is 2. The Morgan fingerprint density at radius 1 is 1.38 bits per heavy atom. The molecule has 0 aromatic heterocycles. The Hall–Kier alpha value is -1.69. The number of nitrogens with zero attached hydrogens (tertiary/aromatic N) is 1. The summed E-state index contributed by atoms with van der Waals surface area (Å²) in [5, 5.41) is 13.7. The van der Waals surface area contributed by atoms with Crippen molar-refractivity contribution in [1.29, 1.82) is 0 Å². The Morgan fingerprint density at radius 3 is 2.67 bits per heavy atom. The highest BCUT2D eigenvalue weighted by molar-refractivity contribution is 6.20. The molecular weight excluding hydrogens is 299 g/mol. The summed E-state index contributed by atoms with van der Waals surface area (Å²) in [5.74, 6) is -0.973. The molecule has 7 heteroatoms. The number of alkyl halides is 1. The summed E-state index contributed by atoms with van der Waals surface area (Å²) in [6.45, 7) is 0.427. The molecule has 1 amide bonds. The van der Waals surface area contributed by atoms with E-state index in [0.29, 0.717) is 12.5 Å². The first-order valence-electron chi connectivity index (χ1n) is 6.83. The first kappa shape index (κ1) is 15.7. The maximum Gasteiger partial charge on any atom is 0.282 e. The van der Waals surface area contributed by atoms with Gasteiger partial charge < -0.3 is 5.32 Å². The molecule has 0 radical (unpaired) electrons. The average molecular weight is 315 g/mol. The van der Waals surface area contributed by atoms with Crippen LogP contribution >= 0.6 is 11.6 Å². The molecule has 1 fully saturated rings. The van der Waals surface area contributed by atoms with Crippen LogP contribution in [0.1, 0.15) is 36.0 Å². The molecule has 0 spiro atoms. The van der Waals surface area contributed by atoms with E-state index in [4.69, 9.17) is 11.6 Å². The van der Waals surface area contributed by atoms with E-state index < -0.39 is 22.3 Å². The summed E-state index contributed by atoms with van der Waals surface area (Å²) >= 11 is 6.01. The molecule has 1 N–H and O–H groups in total. The number of carbonyl (C=O) groups is 1. The van der Waals surface area contributed by atoms with E-state index >= 15 is 0 Å². The largest absolute Gasteiger partial charge is 0.352 e. The highest BCUT2D eigenvalue weighted by Gasteiger charge is 2.23. The van der Waals surface area contributed by atoms with Crippen LogP contribution in [0.25, 0.3) is 0 Å². The molecule has 2 rings (SSSR count). The summed E-state index contributed by atoms with van der Waals surface area (Å²) in [6.07, 6.45) is 3.64. The normalized spacial score (nSPS) is 21.8. The van der Waals surface area contributed by atoms with Crippen LogP contribution in [-0.4, -0.2) is 22.8 Å². The molecule has 21 heavy (non-hydrogen) atoms. The molecule has 114 valence electrons. The van der Waals surface area contributed by atoms with Gasteiger partial charge in [-0.15, -0.1) is 11.6 Å². The SMILES string of the molecule is O=C(NCC1CCC(Cl)CC1)c1cc(F)ccc1[N+](=O)[O-]. The maximum absolute atomic E-state index is 13.2. The highest BCUT2D eigenvalue weighted by atomic mass is 35.5. The van der Waals surface area contributed by atoms with E-state index in [-0.39, 0.29) is 10.9 Å². The smallest absolute Gasteiger partial charge is 0.282 e. The van der Waals surface area contributed by atoms with Crippen molar-refractivity contribution in [1.82, 2.24) is 5.32 Å². The Balaban J connectivity index is 2.00. The van der Waals surface area contributed by atoms with Crippen molar-refractivity contribution in [3.8, 4) is 0 Å². The van der Waals surface area contributed by atoms with Gasteiger partial charge in [-0.25, -0.2) is 4.39 Å². The third-order valence-corrected chi connectivity index (χ3v) is 4.16. The molecule has 0 bridgehead atoms. The van der Waals surface area contributed by atoms with E-state index in [1.807, 2.05) is 0 Å². The summed E-state index contributed by atoms with van der Waals surface area (Å²) in [5.41, 5.74) is -0.635. The minimum atomic E-state index is -0.687. The molecule has 5 nitrogen and oxygen atoms in total. The lowest BCUT2D eigenvalue weighted by atomic mass is 9.89. The van der Waals surface area contributed by atoms with Crippen LogP contribution in [0, 0.1) is 21.8 Å². The molecule has 1 aliphatic carbocycles. The van der Waals surface area contributed by atoms with Gasteiger partial charge in [-0.1, -0.05) is 0 Å². The van der Waals surface area contributed by atoms with Gasteiger partial charge in [0.2, 0.25) is 0 Å². The topological polar surface area (TPSA) is 72.2 Å². The van der Waals surface area contributed by atoms with E-state index in [2.05, 4.69) is 5.32 Å². The molecule has 1 aromatic carbocycles. The Bertz CT molecular complexity index is 545. The number of hydrogen-bond donors (Lipinski definition) is 1. The minimum Gasteiger partial charge on any atom is -0.352 e. The zero-order valence-electron chi connectivity index (χ0n) is 11.4. The third kappa shape index (κ3) is 4.14. The fourth-order valence-corrected chi connectivity index (χ4v) is 2.76. The minimum absolute atomic E-state index is 0.196. The molecular formula is C14H16ClFN2O3. The molecule has 0 saturated heterocycles. The van der Waals surface area contributed by atoms with Crippen molar-refractivity contribution in [2.45, 2.75) is 31.1 Å². The second kappa shape index (κ2) is 6.85. The molecule has 1 aliphatic rings. The first-order chi connectivity index (χ1) is 9.97. The van der Waals surface area contributed by atoms with Crippen LogP contribution in [0.15, 0.2) is 18.2 Å². The third-order valence-electron chi connectivity index (χ3n) is 3.73. The predicted molar refractivity (Wildman–Crippen MR) is 77.0 cm³/mol. The molecule has 1 saturated carbocycles. The second-order valence-electron chi connectivity index (χ2n) is 5.25. The van der Waals surface area contributed by atoms with Crippen LogP contribution in [0.2, 0.25) is 0 Å². The van der Waals surface area contributed by atoms with Crippen LogP contribution in [0.3, 0.4) is 0 Å². The van der Waals surface area contributed by atoms with Gasteiger partial charge in [0, 0.05) is 18.0 Å². The Labute approximate surface area is 126 Å². The average Bonchev–Trinajstić information content (AvgIpc) is 2.46. The number of carbonyl (C=O) groups excluding carboxylic acids is 1. The summed E-state index contributed by atoms with van der Waals surface area (Å²) in [4.78, 5) is 22.2. The fourth-order valence-electron chi connectivity index (χ4n) is 2.51. The highest BCUT2D eigenvalue weighted by Crippen LogP contribution is 2.27. The molecule has 0 heterocycles. The van der Waals surface area contributed by atoms with Crippen LogP contribution in [0.5, 0.6) is 0 Å². The van der Waals surface area contributed by atoms with Gasteiger partial charge in [0.1, 0.15) is 11.4 Å². The van der Waals surface area contributed by atoms with Gasteiger partial charge in [-0.3, -0.25) is 14.9 Å². The fraction of sp³-hybridized carbons (Fsp3) is 0.500. The molecule has 0 atom stereocenters. The van der Waals surface area contributed by atoms with Crippen molar-refractivity contribution in [2.24, 2.45) is 5.92 Å². The maximum atomic E-state index is 13.2. The van der Waals surface area contributed by atoms with Crippen LogP contribution in [0.4, 0.5) is 10.1 Å². The lowest BCUT2D eigenvalue weighted by molar-refractivity contribution is -0.385. The van der Waals surface area contributed by atoms with Crippen molar-refractivity contribution < 1.29 is 14.1 Å². The number of amides is 1. The van der Waals surface area contributed by atoms with E-state index in [0.717, 1.165) is 43.9 Å². The van der Waals surface area contributed by atoms with Gasteiger partial charge in [0.15, 0.2) is 0 Å². The second-order valence-corrected chi connectivity index (χ2v) is 5.86. The van der Waals surface area contributed by atoms with Crippen molar-refractivity contribution in [2.75, 3.05) is 6.54 Å². The monoisotopic (exact) mass is 314 g/mol. The number of benzene rings is 1. The van der Waals surface area contributed by atoms with Crippen molar-refractivity contribution in [3.63, 3.8) is 0 Å². The number of hydrogen-bond acceptors (Lipinski definition) is 3. The van der Waals surface area contributed by atoms with E-state index in [9.17, 15) is 19.3 Å². The zero-order chi connectivity index (χ0) is 15.4. The number of rotatable bonds is 4. The van der Waals surface area contributed by atoms with Crippen LogP contribution in [-0.2, 0) is 0 Å². The molecule has 1 aromatic rings. The van der Waals surface area contributed by atoms with Crippen molar-refractivity contribution in [3.05, 3.63) is 39.7 Å². The number of nitro groups is 1. The zero-order valence-corrected chi connectivity index (χ0v) is 12.1. The molecule has 0 unspecified atom stereocenters. The molecule has 0 aliphatic heterocycles.